The predicted octanol–water partition coefficient (Wildman–Crippen LogP) is 4.65. The van der Waals surface area contributed by atoms with E-state index in [0.29, 0.717) is 6.54 Å². The lowest BCUT2D eigenvalue weighted by Crippen LogP contribution is -2.18. The topological polar surface area (TPSA) is 35.2 Å². The highest BCUT2D eigenvalue weighted by Gasteiger charge is 2.31. The van der Waals surface area contributed by atoms with Crippen LogP contribution >= 0.6 is 11.6 Å². The van der Waals surface area contributed by atoms with Crippen molar-refractivity contribution < 1.29 is 17.9 Å². The van der Waals surface area contributed by atoms with Crippen molar-refractivity contribution in [2.24, 2.45) is 5.73 Å². The molecule has 0 aliphatic heterocycles. The molecule has 2 nitrogen and oxygen atoms in total. The van der Waals surface area contributed by atoms with Crippen molar-refractivity contribution in [1.82, 2.24) is 0 Å². The van der Waals surface area contributed by atoms with Crippen molar-refractivity contribution in [1.29, 1.82) is 0 Å². The Hall–Kier alpha value is -0.940. The molecule has 1 aromatic carbocycles. The number of alkyl halides is 3. The molecule has 0 radical (unpaired) electrons. The monoisotopic (exact) mass is 309 g/mol. The van der Waals surface area contributed by atoms with Gasteiger partial charge in [0.15, 0.2) is 0 Å². The molecule has 0 amide bonds. The molecule has 0 aromatic heterocycles. The standard InChI is InChI=1S/C14H19ClF3NO/c1-2-4-11(5-3-8-19)20-13-7-6-10(9-12(13)15)14(16,17)18/h6-7,9,11H,2-5,8,19H2,1H3. The minimum atomic E-state index is -4.40. The van der Waals surface area contributed by atoms with E-state index in [-0.39, 0.29) is 16.9 Å². The molecule has 1 unspecified atom stereocenters. The fraction of sp³-hybridized carbons (Fsp3) is 0.571. The van der Waals surface area contributed by atoms with E-state index in [4.69, 9.17) is 22.1 Å². The van der Waals surface area contributed by atoms with Crippen LogP contribution < -0.4 is 10.5 Å². The average molecular weight is 310 g/mol. The van der Waals surface area contributed by atoms with Crippen LogP contribution in [0.1, 0.15) is 38.2 Å². The number of rotatable bonds is 7. The largest absolute Gasteiger partial charge is 0.489 e. The van der Waals surface area contributed by atoms with Crippen LogP contribution in [0.5, 0.6) is 5.75 Å². The van der Waals surface area contributed by atoms with Gasteiger partial charge in [0.1, 0.15) is 5.75 Å². The Bertz CT molecular complexity index is 423. The van der Waals surface area contributed by atoms with Crippen molar-refractivity contribution in [3.8, 4) is 5.75 Å². The van der Waals surface area contributed by atoms with Crippen molar-refractivity contribution >= 4 is 11.6 Å². The molecule has 0 heterocycles. The van der Waals surface area contributed by atoms with E-state index in [1.807, 2.05) is 6.92 Å². The fourth-order valence-corrected chi connectivity index (χ4v) is 2.11. The van der Waals surface area contributed by atoms with Crippen LogP contribution in [0.3, 0.4) is 0 Å². The molecule has 2 N–H and O–H groups in total. The Morgan fingerprint density at radius 1 is 1.30 bits per heavy atom. The molecule has 20 heavy (non-hydrogen) atoms. The molecule has 114 valence electrons. The number of nitrogens with two attached hydrogens (primary N) is 1. The van der Waals surface area contributed by atoms with Crippen molar-refractivity contribution in [3.63, 3.8) is 0 Å². The lowest BCUT2D eigenvalue weighted by atomic mass is 10.1. The van der Waals surface area contributed by atoms with Crippen molar-refractivity contribution in [2.75, 3.05) is 6.54 Å². The Morgan fingerprint density at radius 3 is 2.50 bits per heavy atom. The summed E-state index contributed by atoms with van der Waals surface area (Å²) in [6.45, 7) is 2.58. The molecule has 0 spiro atoms. The van der Waals surface area contributed by atoms with Gasteiger partial charge in [0.05, 0.1) is 16.7 Å². The molecule has 0 aliphatic rings. The van der Waals surface area contributed by atoms with Crippen LogP contribution in [0, 0.1) is 0 Å². The lowest BCUT2D eigenvalue weighted by molar-refractivity contribution is -0.137. The number of benzene rings is 1. The number of hydrogen-bond acceptors (Lipinski definition) is 2. The van der Waals surface area contributed by atoms with E-state index >= 15 is 0 Å². The van der Waals surface area contributed by atoms with E-state index < -0.39 is 11.7 Å². The lowest BCUT2D eigenvalue weighted by Gasteiger charge is -2.19. The van der Waals surface area contributed by atoms with Crippen LogP contribution in [-0.2, 0) is 6.18 Å². The Kier molecular flexibility index (Phi) is 6.62. The number of ether oxygens (including phenoxy) is 1. The first-order valence-electron chi connectivity index (χ1n) is 6.62. The molecule has 0 bridgehead atoms. The summed E-state index contributed by atoms with van der Waals surface area (Å²) in [5.41, 5.74) is 4.68. The minimum Gasteiger partial charge on any atom is -0.489 e. The van der Waals surface area contributed by atoms with Gasteiger partial charge in [0.25, 0.3) is 0 Å². The summed E-state index contributed by atoms with van der Waals surface area (Å²) < 4.78 is 43.3. The summed E-state index contributed by atoms with van der Waals surface area (Å²) in [5.74, 6) is 0.287. The molecule has 1 rings (SSSR count). The predicted molar refractivity (Wildman–Crippen MR) is 74.1 cm³/mol. The van der Waals surface area contributed by atoms with Gasteiger partial charge in [-0.1, -0.05) is 24.9 Å². The van der Waals surface area contributed by atoms with Crippen LogP contribution in [0.4, 0.5) is 13.2 Å². The molecule has 0 saturated carbocycles. The van der Waals surface area contributed by atoms with E-state index in [0.717, 1.165) is 37.8 Å². The van der Waals surface area contributed by atoms with Crippen LogP contribution in [0.2, 0.25) is 5.02 Å². The SMILES string of the molecule is CCCC(CCCN)Oc1ccc(C(F)(F)F)cc1Cl. The molecule has 1 atom stereocenters. The van der Waals surface area contributed by atoms with Gasteiger partial charge in [-0.25, -0.2) is 0 Å². The minimum absolute atomic E-state index is 0.0197. The molecular formula is C14H19ClF3NO. The van der Waals surface area contributed by atoms with Gasteiger partial charge in [0.2, 0.25) is 0 Å². The fourth-order valence-electron chi connectivity index (χ4n) is 1.88. The quantitative estimate of drug-likeness (QED) is 0.796. The van der Waals surface area contributed by atoms with E-state index in [1.54, 1.807) is 0 Å². The number of hydrogen-bond donors (Lipinski definition) is 1. The maximum Gasteiger partial charge on any atom is 0.416 e. The zero-order valence-corrected chi connectivity index (χ0v) is 12.1. The summed E-state index contributed by atoms with van der Waals surface area (Å²) in [5, 5.41) is -0.0197. The Morgan fingerprint density at radius 2 is 2.00 bits per heavy atom. The van der Waals surface area contributed by atoms with Gasteiger partial charge in [0, 0.05) is 0 Å². The molecular weight excluding hydrogens is 291 g/mol. The van der Waals surface area contributed by atoms with Gasteiger partial charge < -0.3 is 10.5 Å². The second-order valence-corrected chi connectivity index (χ2v) is 5.01. The molecule has 0 saturated heterocycles. The molecule has 0 aliphatic carbocycles. The zero-order valence-electron chi connectivity index (χ0n) is 11.3. The highest BCUT2D eigenvalue weighted by atomic mass is 35.5. The summed E-state index contributed by atoms with van der Waals surface area (Å²) in [6.07, 6.45) is -1.15. The van der Waals surface area contributed by atoms with E-state index in [2.05, 4.69) is 0 Å². The van der Waals surface area contributed by atoms with Gasteiger partial charge in [-0.15, -0.1) is 0 Å². The third-order valence-corrected chi connectivity index (χ3v) is 3.19. The van der Waals surface area contributed by atoms with E-state index in [1.165, 1.54) is 6.07 Å². The maximum atomic E-state index is 12.5. The first-order valence-corrected chi connectivity index (χ1v) is 6.99. The highest BCUT2D eigenvalue weighted by Crippen LogP contribution is 2.35. The van der Waals surface area contributed by atoms with Crippen LogP contribution in [0.25, 0.3) is 0 Å². The van der Waals surface area contributed by atoms with E-state index in [9.17, 15) is 13.2 Å². The third-order valence-electron chi connectivity index (χ3n) is 2.89. The molecule has 0 fully saturated rings. The summed E-state index contributed by atoms with van der Waals surface area (Å²) in [7, 11) is 0. The second-order valence-electron chi connectivity index (χ2n) is 4.60. The first kappa shape index (κ1) is 17.1. The average Bonchev–Trinajstić information content (AvgIpc) is 2.37. The summed E-state index contributed by atoms with van der Waals surface area (Å²) in [4.78, 5) is 0. The van der Waals surface area contributed by atoms with Gasteiger partial charge in [-0.05, 0) is 44.0 Å². The van der Waals surface area contributed by atoms with Crippen molar-refractivity contribution in [3.05, 3.63) is 28.8 Å². The van der Waals surface area contributed by atoms with Gasteiger partial charge >= 0.3 is 6.18 Å². The highest BCUT2D eigenvalue weighted by molar-refractivity contribution is 6.32. The summed E-state index contributed by atoms with van der Waals surface area (Å²) in [6, 6.07) is 3.15. The third kappa shape index (κ3) is 5.21. The molecule has 6 heteroatoms. The zero-order chi connectivity index (χ0) is 15.2. The Labute approximate surface area is 122 Å². The van der Waals surface area contributed by atoms with Crippen molar-refractivity contribution in [2.45, 2.75) is 44.9 Å². The smallest absolute Gasteiger partial charge is 0.416 e. The van der Waals surface area contributed by atoms with Gasteiger partial charge in [-0.3, -0.25) is 0 Å². The number of halogens is 4. The van der Waals surface area contributed by atoms with Crippen LogP contribution in [0.15, 0.2) is 18.2 Å². The second kappa shape index (κ2) is 7.74. The maximum absolute atomic E-state index is 12.5. The Balaban J connectivity index is 2.80. The normalized spacial score (nSPS) is 13.3. The molecule has 1 aromatic rings. The first-order chi connectivity index (χ1) is 9.38. The van der Waals surface area contributed by atoms with Crippen LogP contribution in [-0.4, -0.2) is 12.6 Å². The van der Waals surface area contributed by atoms with Gasteiger partial charge in [-0.2, -0.15) is 13.2 Å². The summed E-state index contributed by atoms with van der Waals surface area (Å²) >= 11 is 5.86.